The molecule has 4 fully saturated rings. The van der Waals surface area contributed by atoms with Crippen LogP contribution in [0.3, 0.4) is 0 Å². The fourth-order valence-electron chi connectivity index (χ4n) is 6.89. The highest BCUT2D eigenvalue weighted by atomic mass is 16.5. The van der Waals surface area contributed by atoms with Crippen LogP contribution in [0.4, 0.5) is 0 Å². The zero-order chi connectivity index (χ0) is 20.0. The summed E-state index contributed by atoms with van der Waals surface area (Å²) in [4.78, 5) is 13.5. The lowest BCUT2D eigenvalue weighted by molar-refractivity contribution is -0.0168. The first-order valence-electron chi connectivity index (χ1n) is 11.6. The third-order valence-electron chi connectivity index (χ3n) is 7.74. The molecule has 1 aromatic heterocycles. The number of hydrogen-bond donors (Lipinski definition) is 1. The number of amides is 1. The molecular formula is C25H34N2O2. The zero-order valence-electron chi connectivity index (χ0n) is 17.9. The second-order valence-electron chi connectivity index (χ2n) is 9.97. The number of aryl methyl sites for hydroxylation is 1. The Kier molecular flexibility index (Phi) is 4.84. The van der Waals surface area contributed by atoms with Crippen molar-refractivity contribution in [2.75, 3.05) is 7.11 Å². The maximum atomic E-state index is 13.5. The Labute approximate surface area is 174 Å². The molecular weight excluding hydrogens is 360 g/mol. The van der Waals surface area contributed by atoms with Crippen molar-refractivity contribution in [3.63, 3.8) is 0 Å². The van der Waals surface area contributed by atoms with Crippen LogP contribution >= 0.6 is 0 Å². The van der Waals surface area contributed by atoms with Crippen LogP contribution < -0.4 is 10.1 Å². The highest BCUT2D eigenvalue weighted by molar-refractivity contribution is 5.99. The lowest BCUT2D eigenvalue weighted by Crippen LogP contribution is -2.60. The van der Waals surface area contributed by atoms with Crippen LogP contribution in [0.1, 0.15) is 75.2 Å². The molecule has 0 unspecified atom stereocenters. The number of aromatic nitrogens is 1. The van der Waals surface area contributed by atoms with Crippen molar-refractivity contribution < 1.29 is 9.53 Å². The summed E-state index contributed by atoms with van der Waals surface area (Å²) >= 11 is 0. The predicted molar refractivity (Wildman–Crippen MR) is 116 cm³/mol. The second-order valence-corrected chi connectivity index (χ2v) is 9.97. The summed E-state index contributed by atoms with van der Waals surface area (Å²) in [7, 11) is 1.69. The van der Waals surface area contributed by atoms with Gasteiger partial charge in [-0.05, 0) is 87.0 Å². The Morgan fingerprint density at radius 3 is 2.41 bits per heavy atom. The largest absolute Gasteiger partial charge is 0.497 e. The van der Waals surface area contributed by atoms with E-state index < -0.39 is 0 Å². The number of nitrogens with zero attached hydrogens (tertiary/aromatic N) is 1. The van der Waals surface area contributed by atoms with Crippen LogP contribution in [-0.2, 0) is 6.54 Å². The van der Waals surface area contributed by atoms with Gasteiger partial charge in [-0.3, -0.25) is 4.79 Å². The first kappa shape index (κ1) is 19.0. The molecule has 1 amide bonds. The first-order chi connectivity index (χ1) is 14.1. The average Bonchev–Trinajstić information content (AvgIpc) is 3.04. The summed E-state index contributed by atoms with van der Waals surface area (Å²) in [6, 6.07) is 8.22. The lowest BCUT2D eigenvalue weighted by atomic mass is 9.53. The molecule has 6 rings (SSSR count). The van der Waals surface area contributed by atoms with Crippen LogP contribution in [0.15, 0.2) is 24.3 Å². The van der Waals surface area contributed by atoms with Gasteiger partial charge in [0.05, 0.1) is 7.11 Å². The van der Waals surface area contributed by atoms with Gasteiger partial charge in [-0.25, -0.2) is 0 Å². The summed E-state index contributed by atoms with van der Waals surface area (Å²) in [6.07, 6.45) is 11.2. The average molecular weight is 395 g/mol. The Bertz CT molecular complexity index is 878. The number of carbonyl (C=O) groups is 1. The molecule has 4 aliphatic rings. The normalized spacial score (nSPS) is 30.1. The third kappa shape index (κ3) is 3.45. The van der Waals surface area contributed by atoms with Gasteiger partial charge in [0.15, 0.2) is 0 Å². The molecule has 1 N–H and O–H groups in total. The van der Waals surface area contributed by atoms with E-state index in [1.54, 1.807) is 7.11 Å². The summed E-state index contributed by atoms with van der Waals surface area (Å²) in [5, 5.41) is 4.66. The molecule has 2 aromatic rings. The number of rotatable bonds is 7. The van der Waals surface area contributed by atoms with Gasteiger partial charge in [-0.2, -0.15) is 0 Å². The van der Waals surface area contributed by atoms with E-state index in [1.807, 2.05) is 12.1 Å². The number of benzene rings is 1. The van der Waals surface area contributed by atoms with Gasteiger partial charge >= 0.3 is 0 Å². The monoisotopic (exact) mass is 394 g/mol. The Balaban J connectivity index is 1.45. The van der Waals surface area contributed by atoms with E-state index in [4.69, 9.17) is 4.74 Å². The van der Waals surface area contributed by atoms with Gasteiger partial charge in [0.2, 0.25) is 0 Å². The molecule has 4 nitrogen and oxygen atoms in total. The molecule has 0 radical (unpaired) electrons. The van der Waals surface area contributed by atoms with Gasteiger partial charge in [0, 0.05) is 23.0 Å². The highest BCUT2D eigenvalue weighted by Gasteiger charge is 2.51. The molecule has 4 saturated carbocycles. The van der Waals surface area contributed by atoms with Crippen LogP contribution in [0.5, 0.6) is 5.75 Å². The fourth-order valence-corrected chi connectivity index (χ4v) is 6.89. The Morgan fingerprint density at radius 1 is 1.10 bits per heavy atom. The smallest absolute Gasteiger partial charge is 0.268 e. The molecule has 4 bridgehead atoms. The van der Waals surface area contributed by atoms with Crippen molar-refractivity contribution >= 4 is 16.8 Å². The molecule has 4 heteroatoms. The molecule has 156 valence electrons. The number of fused-ring (bicyclic) bond motifs is 1. The van der Waals surface area contributed by atoms with Gasteiger partial charge < -0.3 is 14.6 Å². The topological polar surface area (TPSA) is 43.3 Å². The van der Waals surface area contributed by atoms with E-state index in [0.717, 1.165) is 53.1 Å². The maximum Gasteiger partial charge on any atom is 0.268 e. The van der Waals surface area contributed by atoms with E-state index in [-0.39, 0.29) is 11.4 Å². The van der Waals surface area contributed by atoms with Gasteiger partial charge in [0.25, 0.3) is 5.91 Å². The van der Waals surface area contributed by atoms with E-state index in [1.165, 1.54) is 51.4 Å². The molecule has 0 saturated heterocycles. The summed E-state index contributed by atoms with van der Waals surface area (Å²) < 4.78 is 7.65. The van der Waals surface area contributed by atoms with E-state index >= 15 is 0 Å². The minimum Gasteiger partial charge on any atom is -0.497 e. The van der Waals surface area contributed by atoms with Crippen LogP contribution in [0.25, 0.3) is 10.9 Å². The molecule has 0 spiro atoms. The van der Waals surface area contributed by atoms with Gasteiger partial charge in [-0.1, -0.05) is 19.8 Å². The summed E-state index contributed by atoms with van der Waals surface area (Å²) in [6.45, 7) is 3.12. The van der Waals surface area contributed by atoms with Crippen LogP contribution in [0.2, 0.25) is 0 Å². The maximum absolute atomic E-state index is 13.5. The third-order valence-corrected chi connectivity index (χ3v) is 7.74. The Morgan fingerprint density at radius 2 is 1.79 bits per heavy atom. The number of hydrogen-bond acceptors (Lipinski definition) is 2. The van der Waals surface area contributed by atoms with Crippen molar-refractivity contribution in [2.45, 2.75) is 76.8 Å². The fraction of sp³-hybridized carbons (Fsp3) is 0.640. The van der Waals surface area contributed by atoms with Crippen molar-refractivity contribution in [1.29, 1.82) is 0 Å². The number of methoxy groups -OCH3 is 1. The Hall–Kier alpha value is -1.97. The van der Waals surface area contributed by atoms with Crippen LogP contribution in [0, 0.1) is 17.8 Å². The molecule has 1 aromatic carbocycles. The number of carbonyl (C=O) groups excluding carboxylic acids is 1. The quantitative estimate of drug-likeness (QED) is 0.627. The van der Waals surface area contributed by atoms with Crippen molar-refractivity contribution in [3.05, 3.63) is 30.0 Å². The molecule has 4 aliphatic carbocycles. The highest BCUT2D eigenvalue weighted by Crippen LogP contribution is 2.55. The van der Waals surface area contributed by atoms with Gasteiger partial charge in [-0.15, -0.1) is 0 Å². The van der Waals surface area contributed by atoms with Crippen molar-refractivity contribution in [3.8, 4) is 5.75 Å². The van der Waals surface area contributed by atoms with Gasteiger partial charge in [0.1, 0.15) is 11.4 Å². The first-order valence-corrected chi connectivity index (χ1v) is 11.6. The number of nitrogens with one attached hydrogen (secondary N) is 1. The zero-order valence-corrected chi connectivity index (χ0v) is 17.9. The summed E-state index contributed by atoms with van der Waals surface area (Å²) in [5.74, 6) is 3.47. The van der Waals surface area contributed by atoms with Crippen LogP contribution in [-0.4, -0.2) is 23.1 Å². The van der Waals surface area contributed by atoms with E-state index in [0.29, 0.717) is 0 Å². The molecule has 0 atom stereocenters. The minimum atomic E-state index is 0.0498. The molecule has 29 heavy (non-hydrogen) atoms. The van der Waals surface area contributed by atoms with Crippen molar-refractivity contribution in [1.82, 2.24) is 9.88 Å². The van der Waals surface area contributed by atoms with Crippen molar-refractivity contribution in [2.24, 2.45) is 17.8 Å². The number of ether oxygens (including phenoxy) is 1. The standard InChI is InChI=1S/C25H34N2O2/c1-3-4-5-8-27-22-7-6-21(29-2)12-20(22)13-23(27)24(28)26-25-14-17-9-18(15-25)11-19(10-17)16-25/h6-7,12-13,17-19H,3-5,8-11,14-16H2,1-2H3,(H,26,28). The molecule has 0 aliphatic heterocycles. The second kappa shape index (κ2) is 7.37. The number of unbranched alkanes of at least 4 members (excludes halogenated alkanes) is 2. The lowest BCUT2D eigenvalue weighted by Gasteiger charge is -2.56. The predicted octanol–water partition coefficient (Wildman–Crippen LogP) is 5.54. The molecule has 1 heterocycles. The van der Waals surface area contributed by atoms with E-state index in [9.17, 15) is 4.79 Å². The summed E-state index contributed by atoms with van der Waals surface area (Å²) in [5.41, 5.74) is 2.01. The van der Waals surface area contributed by atoms with E-state index in [2.05, 4.69) is 28.9 Å². The minimum absolute atomic E-state index is 0.0498. The SMILES string of the molecule is CCCCCn1c(C(=O)NC23CC4CC(CC(C4)C2)C3)cc2cc(OC)ccc21.